The molecule has 0 spiro atoms. The van der Waals surface area contributed by atoms with Crippen LogP contribution in [-0.4, -0.2) is 24.6 Å². The largest absolute Gasteiger partial charge is 0.378 e. The van der Waals surface area contributed by atoms with Gasteiger partial charge in [0.1, 0.15) is 0 Å². The minimum absolute atomic E-state index is 0.242. The summed E-state index contributed by atoms with van der Waals surface area (Å²) in [6.45, 7) is 0.242. The first kappa shape index (κ1) is 18.5. The quantitative estimate of drug-likeness (QED) is 0.605. The number of fused-ring (bicyclic) bond motifs is 1. The fourth-order valence-electron chi connectivity index (χ4n) is 2.48. The molecule has 0 aliphatic carbocycles. The molecule has 0 aliphatic rings. The van der Waals surface area contributed by atoms with Gasteiger partial charge < -0.3 is 9.47 Å². The van der Waals surface area contributed by atoms with Crippen molar-refractivity contribution >= 4 is 56.3 Å². The number of terminal acetylenes is 1. The maximum absolute atomic E-state index is 12.6. The van der Waals surface area contributed by atoms with E-state index in [0.29, 0.717) is 25.9 Å². The number of halogens is 2. The first-order valence-electron chi connectivity index (χ1n) is 7.69. The van der Waals surface area contributed by atoms with Crippen molar-refractivity contribution in [1.82, 2.24) is 4.57 Å². The van der Waals surface area contributed by atoms with Crippen LogP contribution in [0.2, 0.25) is 10.0 Å². The Bertz CT molecular complexity index is 1090. The van der Waals surface area contributed by atoms with Crippen molar-refractivity contribution in [2.45, 2.75) is 6.54 Å². The molecule has 1 amide bonds. The molecular weight excluding hydrogens is 389 g/mol. The van der Waals surface area contributed by atoms with Gasteiger partial charge in [-0.15, -0.1) is 6.42 Å². The van der Waals surface area contributed by atoms with E-state index in [1.54, 1.807) is 22.8 Å². The van der Waals surface area contributed by atoms with E-state index in [2.05, 4.69) is 10.9 Å². The van der Waals surface area contributed by atoms with Crippen LogP contribution >= 0.6 is 34.5 Å². The van der Waals surface area contributed by atoms with Gasteiger partial charge in [-0.2, -0.15) is 4.99 Å². The SMILES string of the molecule is C#CCn1c(=NC(=O)c2ccc(N(C)C)cc2)sc2ccc(Cl)c(Cl)c21. The zero-order valence-electron chi connectivity index (χ0n) is 14.2. The molecule has 132 valence electrons. The Hall–Kier alpha value is -2.26. The molecule has 0 N–H and O–H groups in total. The van der Waals surface area contributed by atoms with Crippen molar-refractivity contribution in [2.24, 2.45) is 4.99 Å². The fraction of sp³-hybridized carbons (Fsp3) is 0.158. The Morgan fingerprint density at radius 2 is 1.92 bits per heavy atom. The van der Waals surface area contributed by atoms with E-state index in [1.807, 2.05) is 37.2 Å². The lowest BCUT2D eigenvalue weighted by molar-refractivity contribution is 0.0998. The molecule has 7 heteroatoms. The zero-order valence-corrected chi connectivity index (χ0v) is 16.5. The lowest BCUT2D eigenvalue weighted by Crippen LogP contribution is -2.16. The second-order valence-corrected chi connectivity index (χ2v) is 7.54. The summed E-state index contributed by atoms with van der Waals surface area (Å²) in [6, 6.07) is 10.8. The molecule has 3 rings (SSSR count). The Morgan fingerprint density at radius 3 is 2.54 bits per heavy atom. The average molecular weight is 404 g/mol. The van der Waals surface area contributed by atoms with Crippen LogP contribution in [0.25, 0.3) is 10.2 Å². The second-order valence-electron chi connectivity index (χ2n) is 5.74. The summed E-state index contributed by atoms with van der Waals surface area (Å²) in [5.74, 6) is 2.24. The zero-order chi connectivity index (χ0) is 18.8. The van der Waals surface area contributed by atoms with Gasteiger partial charge in [0.15, 0.2) is 4.80 Å². The number of carbonyl (C=O) groups is 1. The van der Waals surface area contributed by atoms with Crippen LogP contribution in [0.1, 0.15) is 10.4 Å². The molecule has 0 saturated heterocycles. The molecule has 0 bridgehead atoms. The number of aromatic nitrogens is 1. The van der Waals surface area contributed by atoms with Crippen LogP contribution in [0.5, 0.6) is 0 Å². The summed E-state index contributed by atoms with van der Waals surface area (Å²) in [5.41, 5.74) is 2.20. The molecule has 0 atom stereocenters. The summed E-state index contributed by atoms with van der Waals surface area (Å²) in [6.07, 6.45) is 5.48. The van der Waals surface area contributed by atoms with Crippen molar-refractivity contribution in [3.63, 3.8) is 0 Å². The molecule has 2 aromatic carbocycles. The van der Waals surface area contributed by atoms with Crippen molar-refractivity contribution in [2.75, 3.05) is 19.0 Å². The van der Waals surface area contributed by atoms with Gasteiger partial charge in [0.25, 0.3) is 5.91 Å². The van der Waals surface area contributed by atoms with Gasteiger partial charge in [0, 0.05) is 25.3 Å². The van der Waals surface area contributed by atoms with E-state index in [9.17, 15) is 4.79 Å². The molecule has 0 radical (unpaired) electrons. The second kappa shape index (κ2) is 7.55. The number of nitrogens with zero attached hydrogens (tertiary/aromatic N) is 3. The topological polar surface area (TPSA) is 37.6 Å². The lowest BCUT2D eigenvalue weighted by atomic mass is 10.2. The highest BCUT2D eigenvalue weighted by molar-refractivity contribution is 7.16. The summed E-state index contributed by atoms with van der Waals surface area (Å²) in [7, 11) is 3.88. The van der Waals surface area contributed by atoms with Crippen LogP contribution in [0.4, 0.5) is 5.69 Å². The van der Waals surface area contributed by atoms with Gasteiger partial charge in [-0.05, 0) is 36.4 Å². The molecule has 3 aromatic rings. The minimum Gasteiger partial charge on any atom is -0.378 e. The van der Waals surface area contributed by atoms with E-state index >= 15 is 0 Å². The number of rotatable bonds is 3. The Morgan fingerprint density at radius 1 is 1.23 bits per heavy atom. The highest BCUT2D eigenvalue weighted by Gasteiger charge is 2.13. The van der Waals surface area contributed by atoms with Gasteiger partial charge in [0.2, 0.25) is 0 Å². The van der Waals surface area contributed by atoms with Crippen molar-refractivity contribution in [1.29, 1.82) is 0 Å². The normalized spacial score (nSPS) is 11.6. The van der Waals surface area contributed by atoms with Crippen LogP contribution in [-0.2, 0) is 6.54 Å². The molecule has 0 unspecified atom stereocenters. The van der Waals surface area contributed by atoms with Crippen LogP contribution in [0.15, 0.2) is 41.4 Å². The predicted octanol–water partition coefficient (Wildman–Crippen LogP) is 4.45. The molecule has 4 nitrogen and oxygen atoms in total. The molecular formula is C19H15Cl2N3OS. The van der Waals surface area contributed by atoms with Gasteiger partial charge in [0.05, 0.1) is 26.8 Å². The molecule has 1 heterocycles. The van der Waals surface area contributed by atoms with E-state index < -0.39 is 0 Å². The number of hydrogen-bond acceptors (Lipinski definition) is 3. The van der Waals surface area contributed by atoms with Gasteiger partial charge in [-0.3, -0.25) is 4.79 Å². The maximum atomic E-state index is 12.6. The number of anilines is 1. The van der Waals surface area contributed by atoms with Gasteiger partial charge in [-0.25, -0.2) is 0 Å². The third-order valence-corrected chi connectivity index (χ3v) is 5.65. The van der Waals surface area contributed by atoms with Crippen LogP contribution in [0, 0.1) is 12.3 Å². The van der Waals surface area contributed by atoms with Crippen molar-refractivity contribution in [3.05, 3.63) is 56.8 Å². The van der Waals surface area contributed by atoms with E-state index in [1.165, 1.54) is 11.3 Å². The summed E-state index contributed by atoms with van der Waals surface area (Å²) >= 11 is 13.8. The number of amides is 1. The fourth-order valence-corrected chi connectivity index (χ4v) is 3.99. The number of benzene rings is 2. The number of thiazole rings is 1. The molecule has 1 aromatic heterocycles. The third kappa shape index (κ3) is 3.49. The van der Waals surface area contributed by atoms with E-state index in [0.717, 1.165) is 10.4 Å². The molecule has 26 heavy (non-hydrogen) atoms. The molecule has 0 saturated carbocycles. The Labute approximate surface area is 165 Å². The van der Waals surface area contributed by atoms with E-state index in [4.69, 9.17) is 29.6 Å². The summed E-state index contributed by atoms with van der Waals surface area (Å²) in [4.78, 5) is 19.3. The van der Waals surface area contributed by atoms with Crippen molar-refractivity contribution < 1.29 is 4.79 Å². The van der Waals surface area contributed by atoms with Gasteiger partial charge in [-0.1, -0.05) is 40.5 Å². The van der Waals surface area contributed by atoms with Crippen LogP contribution < -0.4 is 9.70 Å². The standard InChI is InChI=1S/C19H15Cl2N3OS/c1-4-11-24-17-15(10-9-14(20)16(17)21)26-19(24)22-18(25)12-5-7-13(8-6-12)23(2)3/h1,5-10H,11H2,2-3H3. The number of hydrogen-bond donors (Lipinski definition) is 0. The lowest BCUT2D eigenvalue weighted by Gasteiger charge is -2.11. The smallest absolute Gasteiger partial charge is 0.279 e. The number of carbonyl (C=O) groups excluding carboxylic acids is 1. The summed E-state index contributed by atoms with van der Waals surface area (Å²) < 4.78 is 2.60. The Kier molecular flexibility index (Phi) is 5.38. The Balaban J connectivity index is 2.11. The summed E-state index contributed by atoms with van der Waals surface area (Å²) in [5, 5.41) is 0.833. The van der Waals surface area contributed by atoms with Gasteiger partial charge >= 0.3 is 0 Å². The minimum atomic E-state index is -0.338. The van der Waals surface area contributed by atoms with Crippen molar-refractivity contribution in [3.8, 4) is 12.3 Å². The molecule has 0 fully saturated rings. The predicted molar refractivity (Wildman–Crippen MR) is 109 cm³/mol. The monoisotopic (exact) mass is 403 g/mol. The average Bonchev–Trinajstić information content (AvgIpc) is 2.96. The first-order valence-corrected chi connectivity index (χ1v) is 9.27. The van der Waals surface area contributed by atoms with Crippen LogP contribution in [0.3, 0.4) is 0 Å². The molecule has 0 aliphatic heterocycles. The third-order valence-electron chi connectivity index (χ3n) is 3.81. The first-order chi connectivity index (χ1) is 12.4. The van der Waals surface area contributed by atoms with E-state index in [-0.39, 0.29) is 12.5 Å². The highest BCUT2D eigenvalue weighted by atomic mass is 35.5. The highest BCUT2D eigenvalue weighted by Crippen LogP contribution is 2.32. The maximum Gasteiger partial charge on any atom is 0.279 e.